The first-order valence-electron chi connectivity index (χ1n) is 14.1. The zero-order chi connectivity index (χ0) is 32.1. The highest BCUT2D eigenvalue weighted by Crippen LogP contribution is 2.43. The summed E-state index contributed by atoms with van der Waals surface area (Å²) in [5, 5.41) is 0. The van der Waals surface area contributed by atoms with Crippen LogP contribution in [-0.4, -0.2) is 38.3 Å². The summed E-state index contributed by atoms with van der Waals surface area (Å²) >= 11 is 0. The van der Waals surface area contributed by atoms with Gasteiger partial charge in [-0.3, -0.25) is 10.2 Å². The Bertz CT molecular complexity index is 1610. The van der Waals surface area contributed by atoms with Crippen LogP contribution >= 0.6 is 0 Å². The van der Waals surface area contributed by atoms with Gasteiger partial charge in [-0.15, -0.1) is 0 Å². The van der Waals surface area contributed by atoms with E-state index in [2.05, 4.69) is 15.6 Å². The highest BCUT2D eigenvalue weighted by atomic mass is 32.2. The number of rotatable bonds is 9. The Morgan fingerprint density at radius 1 is 0.932 bits per heavy atom. The molecule has 0 aromatic heterocycles. The number of ether oxygens (including phenoxy) is 2. The van der Waals surface area contributed by atoms with Gasteiger partial charge in [0.1, 0.15) is 18.0 Å². The molecule has 1 saturated carbocycles. The van der Waals surface area contributed by atoms with E-state index in [1.807, 2.05) is 30.3 Å². The third-order valence-corrected chi connectivity index (χ3v) is 7.97. The molecule has 1 aliphatic carbocycles. The van der Waals surface area contributed by atoms with Crippen LogP contribution in [0.25, 0.3) is 11.1 Å². The molecule has 3 N–H and O–H groups in total. The average molecular weight is 630 g/mol. The predicted molar refractivity (Wildman–Crippen MR) is 162 cm³/mol. The van der Waals surface area contributed by atoms with E-state index in [4.69, 9.17) is 9.47 Å². The number of hydrazine groups is 1. The van der Waals surface area contributed by atoms with Gasteiger partial charge >= 0.3 is 6.09 Å². The minimum absolute atomic E-state index is 0.0682. The number of para-hydroxylation sites is 1. The van der Waals surface area contributed by atoms with Crippen LogP contribution in [0.4, 0.5) is 13.6 Å². The van der Waals surface area contributed by atoms with Gasteiger partial charge in [-0.1, -0.05) is 48.5 Å². The number of hydrogen-bond acceptors (Lipinski definition) is 6. The molecule has 44 heavy (non-hydrogen) atoms. The molecule has 0 radical (unpaired) electrons. The standard InChI is InChI=1S/C32H37F2N3O6S/c1-31(2,3)43-30(39)36-35-29(38)32(16-15-23(19-32)37-44(4,40)41)18-22-13-14-26(33)25(17-22)24-11-8-12-27(34)28(24)42-20-21-9-6-5-7-10-21/h5-14,17,23,37H,15-16,18-20H2,1-4H3,(H,35,38)(H,36,39)/t23-,32+/m0/s1. The third-order valence-electron chi connectivity index (χ3n) is 7.20. The number of carbonyl (C=O) groups excluding carboxylic acids is 2. The summed E-state index contributed by atoms with van der Waals surface area (Å²) in [6.45, 7) is 5.10. The molecule has 0 bridgehead atoms. The van der Waals surface area contributed by atoms with E-state index in [9.17, 15) is 22.4 Å². The maximum absolute atomic E-state index is 15.3. The number of halogens is 2. The Kier molecular flexibility index (Phi) is 9.94. The van der Waals surface area contributed by atoms with Crippen molar-refractivity contribution in [3.63, 3.8) is 0 Å². The molecule has 0 heterocycles. The van der Waals surface area contributed by atoms with Gasteiger partial charge in [0.25, 0.3) is 0 Å². The van der Waals surface area contributed by atoms with Crippen LogP contribution in [0.2, 0.25) is 0 Å². The molecule has 0 spiro atoms. The molecule has 236 valence electrons. The summed E-state index contributed by atoms with van der Waals surface area (Å²) in [4.78, 5) is 25.8. The largest absolute Gasteiger partial charge is 0.485 e. The van der Waals surface area contributed by atoms with E-state index in [0.29, 0.717) is 12.0 Å². The van der Waals surface area contributed by atoms with Gasteiger partial charge in [0.2, 0.25) is 15.9 Å². The molecule has 1 fully saturated rings. The van der Waals surface area contributed by atoms with Crippen molar-refractivity contribution >= 4 is 22.0 Å². The summed E-state index contributed by atoms with van der Waals surface area (Å²) in [5.74, 6) is -1.93. The molecule has 0 unspecified atom stereocenters. The summed E-state index contributed by atoms with van der Waals surface area (Å²) in [7, 11) is -3.56. The quantitative estimate of drug-likeness (QED) is 0.273. The van der Waals surface area contributed by atoms with Gasteiger partial charge in [-0.2, -0.15) is 0 Å². The Labute approximate surface area is 256 Å². The van der Waals surface area contributed by atoms with Crippen LogP contribution in [0.5, 0.6) is 5.75 Å². The molecular formula is C32H37F2N3O6S. The molecule has 4 rings (SSSR count). The first-order valence-corrected chi connectivity index (χ1v) is 16.0. The highest BCUT2D eigenvalue weighted by Gasteiger charge is 2.46. The van der Waals surface area contributed by atoms with Crippen molar-refractivity contribution in [3.05, 3.63) is 89.5 Å². The van der Waals surface area contributed by atoms with E-state index in [-0.39, 0.29) is 42.7 Å². The maximum atomic E-state index is 15.3. The first-order chi connectivity index (χ1) is 20.6. The Morgan fingerprint density at radius 3 is 2.34 bits per heavy atom. The minimum Gasteiger partial charge on any atom is -0.485 e. The fourth-order valence-electron chi connectivity index (χ4n) is 5.40. The lowest BCUT2D eigenvalue weighted by Crippen LogP contribution is -2.51. The van der Waals surface area contributed by atoms with Crippen LogP contribution in [-0.2, 0) is 32.6 Å². The predicted octanol–water partition coefficient (Wildman–Crippen LogP) is 5.40. The van der Waals surface area contributed by atoms with Gasteiger partial charge < -0.3 is 9.47 Å². The number of hydrogen-bond donors (Lipinski definition) is 3. The van der Waals surface area contributed by atoms with Crippen LogP contribution in [0.1, 0.15) is 51.2 Å². The van der Waals surface area contributed by atoms with Crippen molar-refractivity contribution in [2.75, 3.05) is 6.26 Å². The molecule has 9 nitrogen and oxygen atoms in total. The lowest BCUT2D eigenvalue weighted by atomic mass is 9.78. The zero-order valence-electron chi connectivity index (χ0n) is 25.1. The second-order valence-electron chi connectivity index (χ2n) is 12.1. The van der Waals surface area contributed by atoms with E-state index in [1.54, 1.807) is 26.8 Å². The van der Waals surface area contributed by atoms with E-state index < -0.39 is 50.7 Å². The smallest absolute Gasteiger partial charge is 0.426 e. The molecule has 0 aliphatic heterocycles. The molecule has 2 atom stereocenters. The topological polar surface area (TPSA) is 123 Å². The van der Waals surface area contributed by atoms with Gasteiger partial charge in [0, 0.05) is 17.2 Å². The number of carbonyl (C=O) groups is 2. The Balaban J connectivity index is 1.63. The van der Waals surface area contributed by atoms with Gasteiger partial charge in [-0.05, 0) is 75.8 Å². The molecule has 12 heteroatoms. The minimum atomic E-state index is -3.56. The monoisotopic (exact) mass is 629 g/mol. The lowest BCUT2D eigenvalue weighted by Gasteiger charge is -2.29. The summed E-state index contributed by atoms with van der Waals surface area (Å²) in [6.07, 6.45) is 1.03. The highest BCUT2D eigenvalue weighted by molar-refractivity contribution is 7.88. The van der Waals surface area contributed by atoms with Crippen molar-refractivity contribution < 1.29 is 36.3 Å². The van der Waals surface area contributed by atoms with E-state index in [0.717, 1.165) is 11.8 Å². The number of amides is 2. The fraction of sp³-hybridized carbons (Fsp3) is 0.375. The SMILES string of the molecule is CC(C)(C)OC(=O)NNC(=O)[C@@]1(Cc2ccc(F)c(-c3cccc(F)c3OCc3ccccc3)c2)CC[C@H](NS(C)(=O)=O)C1. The molecule has 1 aliphatic rings. The lowest BCUT2D eigenvalue weighted by molar-refractivity contribution is -0.132. The number of nitrogens with one attached hydrogen (secondary N) is 3. The summed E-state index contributed by atoms with van der Waals surface area (Å²) < 4.78 is 67.8. The van der Waals surface area contributed by atoms with Crippen LogP contribution in [0.3, 0.4) is 0 Å². The third kappa shape index (κ3) is 8.76. The van der Waals surface area contributed by atoms with Crippen molar-refractivity contribution in [2.45, 2.75) is 64.7 Å². The molecule has 3 aromatic carbocycles. The first kappa shape index (κ1) is 32.9. The Morgan fingerprint density at radius 2 is 1.66 bits per heavy atom. The summed E-state index contributed by atoms with van der Waals surface area (Å²) in [5.41, 5.74) is 4.35. The van der Waals surface area contributed by atoms with Crippen LogP contribution in [0.15, 0.2) is 66.7 Å². The number of benzene rings is 3. The van der Waals surface area contributed by atoms with Gasteiger partial charge in [0.15, 0.2) is 11.6 Å². The normalized spacial score (nSPS) is 18.5. The maximum Gasteiger partial charge on any atom is 0.426 e. The second kappa shape index (κ2) is 13.3. The average Bonchev–Trinajstić information content (AvgIpc) is 3.33. The fourth-order valence-corrected chi connectivity index (χ4v) is 6.20. The number of sulfonamides is 1. The van der Waals surface area contributed by atoms with Crippen molar-refractivity contribution in [1.29, 1.82) is 0 Å². The van der Waals surface area contributed by atoms with Crippen LogP contribution < -0.4 is 20.3 Å². The Hall–Kier alpha value is -4.03. The van der Waals surface area contributed by atoms with Crippen molar-refractivity contribution in [2.24, 2.45) is 5.41 Å². The zero-order valence-corrected chi connectivity index (χ0v) is 25.9. The van der Waals surface area contributed by atoms with Crippen molar-refractivity contribution in [1.82, 2.24) is 15.6 Å². The molecule has 0 saturated heterocycles. The van der Waals surface area contributed by atoms with E-state index in [1.165, 1.54) is 30.3 Å². The van der Waals surface area contributed by atoms with Gasteiger partial charge in [-0.25, -0.2) is 32.1 Å². The molecule has 3 aromatic rings. The van der Waals surface area contributed by atoms with Crippen LogP contribution in [0, 0.1) is 17.0 Å². The summed E-state index contributed by atoms with van der Waals surface area (Å²) in [6, 6.07) is 17.2. The van der Waals surface area contributed by atoms with E-state index >= 15 is 4.39 Å². The van der Waals surface area contributed by atoms with Gasteiger partial charge in [0.05, 0.1) is 11.7 Å². The molecule has 2 amide bonds. The van der Waals surface area contributed by atoms with Crippen molar-refractivity contribution in [3.8, 4) is 16.9 Å². The molecular weight excluding hydrogens is 592 g/mol. The second-order valence-corrected chi connectivity index (χ2v) is 13.9.